The van der Waals surface area contributed by atoms with Crippen molar-refractivity contribution in [3.05, 3.63) is 92.5 Å². The summed E-state index contributed by atoms with van der Waals surface area (Å²) in [5.74, 6) is -2.78. The number of esters is 1. The summed E-state index contributed by atoms with van der Waals surface area (Å²) >= 11 is 0. The maximum atomic E-state index is 16.1. The lowest BCUT2D eigenvalue weighted by Crippen LogP contribution is -2.45. The number of aliphatic hydroxyl groups is 2. The molecule has 2 unspecified atom stereocenters. The number of amides is 1. The molecule has 46 heavy (non-hydrogen) atoms. The summed E-state index contributed by atoms with van der Waals surface area (Å²) in [5.41, 5.74) is 0.576. The molecular formula is C33H29FN4O8. The minimum Gasteiger partial charge on any atom is -0.467 e. The summed E-state index contributed by atoms with van der Waals surface area (Å²) in [6.45, 7) is 1.50. The third-order valence-corrected chi connectivity index (χ3v) is 8.85. The monoisotopic (exact) mass is 628 g/mol. The van der Waals surface area contributed by atoms with Crippen molar-refractivity contribution in [2.75, 3.05) is 51.8 Å². The highest BCUT2D eigenvalue weighted by molar-refractivity contribution is 6.13. The molecule has 2 atom stereocenters. The molecule has 1 saturated heterocycles. The Labute approximate surface area is 261 Å². The van der Waals surface area contributed by atoms with Crippen LogP contribution in [-0.2, 0) is 9.53 Å². The van der Waals surface area contributed by atoms with Gasteiger partial charge in [-0.15, -0.1) is 0 Å². The van der Waals surface area contributed by atoms with E-state index in [-0.39, 0.29) is 45.1 Å². The van der Waals surface area contributed by atoms with Gasteiger partial charge in [0, 0.05) is 43.5 Å². The van der Waals surface area contributed by atoms with Crippen LogP contribution in [0.15, 0.2) is 53.5 Å². The first-order valence-electron chi connectivity index (χ1n) is 14.7. The van der Waals surface area contributed by atoms with Gasteiger partial charge in [-0.2, -0.15) is 0 Å². The number of ether oxygens (including phenoxy) is 2. The number of fused-ring (bicyclic) bond motifs is 4. The third kappa shape index (κ3) is 4.46. The minimum absolute atomic E-state index is 0.0517. The second kappa shape index (κ2) is 11.1. The molecule has 12 nitrogen and oxygen atoms in total. The van der Waals surface area contributed by atoms with E-state index >= 15 is 4.39 Å². The molecule has 3 N–H and O–H groups in total. The molecule has 1 amide bonds. The second-order valence-corrected chi connectivity index (χ2v) is 11.5. The van der Waals surface area contributed by atoms with Gasteiger partial charge in [-0.25, -0.2) is 9.18 Å². The quantitative estimate of drug-likeness (QED) is 0.246. The molecule has 0 spiro atoms. The van der Waals surface area contributed by atoms with E-state index in [0.29, 0.717) is 42.9 Å². The number of carbonyl (C=O) groups is 3. The normalized spacial score (nSPS) is 17.5. The van der Waals surface area contributed by atoms with Crippen LogP contribution in [0.25, 0.3) is 16.6 Å². The minimum atomic E-state index is -1.46. The molecule has 7 rings (SSSR count). The number of carbonyl (C=O) groups excluding carboxylic acids is 3. The van der Waals surface area contributed by atoms with Crippen LogP contribution in [-0.4, -0.2) is 90.3 Å². The number of aromatic nitrogens is 1. The smallest absolute Gasteiger partial charge is 0.330 e. The maximum Gasteiger partial charge on any atom is 0.330 e. The van der Waals surface area contributed by atoms with E-state index in [4.69, 9.17) is 4.74 Å². The van der Waals surface area contributed by atoms with Gasteiger partial charge in [-0.05, 0) is 36.4 Å². The Kier molecular flexibility index (Phi) is 7.11. The van der Waals surface area contributed by atoms with E-state index < -0.39 is 47.4 Å². The molecule has 0 radical (unpaired) electrons. The Balaban J connectivity index is 1.47. The highest BCUT2D eigenvalue weighted by atomic mass is 19.1. The molecule has 236 valence electrons. The van der Waals surface area contributed by atoms with Crippen LogP contribution in [0.2, 0.25) is 0 Å². The summed E-state index contributed by atoms with van der Waals surface area (Å²) in [5, 5.41) is 23.1. The average Bonchev–Trinajstić information content (AvgIpc) is 3.06. The summed E-state index contributed by atoms with van der Waals surface area (Å²) in [6.07, 6.45) is 0.0969. The van der Waals surface area contributed by atoms with Gasteiger partial charge in [0.05, 0.1) is 24.8 Å². The standard InChI is InChI=1S/C33H29FN4O8/c1-36-7-9-37(10-8-36)27-22(34)11-20-26-31(27)46-25-13-19-18(28(40)16-5-3-4-6-17(16)29(19)41)12-24(25)38(26)14-21(30(20)42)32(43)35-23(15-39)33(44)45-2/h3-6,11-14,23,29,39,41H,7-10,15H2,1-2H3,(H,35,43). The van der Waals surface area contributed by atoms with Crippen LogP contribution < -0.4 is 20.4 Å². The fourth-order valence-electron chi connectivity index (χ4n) is 6.39. The molecule has 3 aliphatic rings. The molecule has 3 aromatic carbocycles. The van der Waals surface area contributed by atoms with Crippen LogP contribution in [0.3, 0.4) is 0 Å². The zero-order valence-corrected chi connectivity index (χ0v) is 24.9. The number of pyridine rings is 1. The van der Waals surface area contributed by atoms with E-state index in [9.17, 15) is 29.4 Å². The lowest BCUT2D eigenvalue weighted by atomic mass is 9.82. The van der Waals surface area contributed by atoms with Gasteiger partial charge >= 0.3 is 5.97 Å². The number of anilines is 1. The maximum absolute atomic E-state index is 16.1. The topological polar surface area (TPSA) is 151 Å². The van der Waals surface area contributed by atoms with Gasteiger partial charge in [0.15, 0.2) is 29.1 Å². The number of hydrogen-bond donors (Lipinski definition) is 3. The fourth-order valence-corrected chi connectivity index (χ4v) is 6.39. The average molecular weight is 629 g/mol. The number of benzene rings is 3. The summed E-state index contributed by atoms with van der Waals surface area (Å²) in [6, 6.07) is 9.36. The van der Waals surface area contributed by atoms with E-state index in [1.54, 1.807) is 24.3 Å². The largest absolute Gasteiger partial charge is 0.467 e. The van der Waals surface area contributed by atoms with Gasteiger partial charge in [0.2, 0.25) is 5.43 Å². The number of likely N-dealkylation sites (N-methyl/N-ethyl adjacent to an activating group) is 1. The van der Waals surface area contributed by atoms with Gasteiger partial charge in [0.1, 0.15) is 22.9 Å². The predicted octanol–water partition coefficient (Wildman–Crippen LogP) is 1.88. The van der Waals surface area contributed by atoms with Crippen LogP contribution in [0.4, 0.5) is 10.1 Å². The number of hydrogen-bond acceptors (Lipinski definition) is 10. The molecule has 3 heterocycles. The highest BCUT2D eigenvalue weighted by Gasteiger charge is 2.36. The SMILES string of the molecule is COC(=O)C(CO)NC(=O)c1cn2c3c(c(N4CCN(C)CC4)c(F)cc3c1=O)Oc1cc3c(cc1-2)C(=O)c1ccccc1C3O. The number of halogens is 1. The molecule has 13 heteroatoms. The van der Waals surface area contributed by atoms with Crippen molar-refractivity contribution in [3.63, 3.8) is 0 Å². The Morgan fingerprint density at radius 1 is 1.09 bits per heavy atom. The molecule has 2 aliphatic heterocycles. The Morgan fingerprint density at radius 2 is 1.83 bits per heavy atom. The van der Waals surface area contributed by atoms with Crippen LogP contribution in [0, 0.1) is 5.82 Å². The lowest BCUT2D eigenvalue weighted by molar-refractivity contribution is -0.143. The van der Waals surface area contributed by atoms with Crippen LogP contribution in [0.5, 0.6) is 11.5 Å². The molecule has 0 saturated carbocycles. The highest BCUT2D eigenvalue weighted by Crippen LogP contribution is 2.49. The third-order valence-electron chi connectivity index (χ3n) is 8.85. The van der Waals surface area contributed by atoms with Crippen molar-refractivity contribution >= 4 is 34.3 Å². The summed E-state index contributed by atoms with van der Waals surface area (Å²) < 4.78 is 28.6. The second-order valence-electron chi connectivity index (χ2n) is 11.5. The molecule has 1 aliphatic carbocycles. The van der Waals surface area contributed by atoms with Crippen molar-refractivity contribution in [2.45, 2.75) is 12.1 Å². The molecular weight excluding hydrogens is 599 g/mol. The van der Waals surface area contributed by atoms with E-state index in [1.165, 1.54) is 22.9 Å². The van der Waals surface area contributed by atoms with Gasteiger partial charge in [-0.3, -0.25) is 14.4 Å². The van der Waals surface area contributed by atoms with Crippen molar-refractivity contribution in [3.8, 4) is 17.2 Å². The van der Waals surface area contributed by atoms with E-state index in [2.05, 4.69) is 15.0 Å². The Hall–Kier alpha value is -5.11. The van der Waals surface area contributed by atoms with Crippen molar-refractivity contribution < 1.29 is 38.5 Å². The first kappa shape index (κ1) is 29.6. The number of aliphatic hydroxyl groups excluding tert-OH is 2. The van der Waals surface area contributed by atoms with Crippen molar-refractivity contribution in [2.24, 2.45) is 0 Å². The number of methoxy groups -OCH3 is 1. The Morgan fingerprint density at radius 3 is 2.54 bits per heavy atom. The molecule has 1 aromatic heterocycles. The first-order chi connectivity index (χ1) is 22.1. The zero-order valence-electron chi connectivity index (χ0n) is 24.9. The molecule has 1 fully saturated rings. The van der Waals surface area contributed by atoms with Gasteiger partial charge < -0.3 is 39.4 Å². The van der Waals surface area contributed by atoms with Gasteiger partial charge in [-0.1, -0.05) is 24.3 Å². The number of piperazine rings is 1. The van der Waals surface area contributed by atoms with E-state index in [0.717, 1.165) is 13.2 Å². The molecule has 4 aromatic rings. The fraction of sp³-hybridized carbons (Fsp3) is 0.273. The molecule has 0 bridgehead atoms. The van der Waals surface area contributed by atoms with Crippen LogP contribution >= 0.6 is 0 Å². The van der Waals surface area contributed by atoms with E-state index in [1.807, 2.05) is 11.9 Å². The first-order valence-corrected chi connectivity index (χ1v) is 14.7. The number of ketones is 1. The predicted molar refractivity (Wildman–Crippen MR) is 164 cm³/mol. The number of nitrogens with one attached hydrogen (secondary N) is 1. The lowest BCUT2D eigenvalue weighted by Gasteiger charge is -2.36. The van der Waals surface area contributed by atoms with Gasteiger partial charge in [0.25, 0.3) is 5.91 Å². The number of nitrogens with zero attached hydrogens (tertiary/aromatic N) is 3. The summed E-state index contributed by atoms with van der Waals surface area (Å²) in [7, 11) is 3.05. The Bertz CT molecular complexity index is 2030. The van der Waals surface area contributed by atoms with Crippen molar-refractivity contribution in [1.82, 2.24) is 14.8 Å². The summed E-state index contributed by atoms with van der Waals surface area (Å²) in [4.78, 5) is 56.9. The number of rotatable bonds is 5. The van der Waals surface area contributed by atoms with Crippen LogP contribution in [0.1, 0.15) is 43.5 Å². The van der Waals surface area contributed by atoms with Crippen molar-refractivity contribution in [1.29, 1.82) is 0 Å². The zero-order chi connectivity index (χ0) is 32.4.